The van der Waals surface area contributed by atoms with Gasteiger partial charge in [-0.25, -0.2) is 4.98 Å². The van der Waals surface area contributed by atoms with Crippen molar-refractivity contribution < 1.29 is 9.53 Å². The molecule has 2 atom stereocenters. The van der Waals surface area contributed by atoms with Gasteiger partial charge in [0.1, 0.15) is 0 Å². The third kappa shape index (κ3) is 5.10. The average Bonchev–Trinajstić information content (AvgIpc) is 3.29. The normalized spacial score (nSPS) is 20.8. The SMILES string of the molecule is C[C@H](Sc1nc2cc(Cl)ccc2c(=O)n1C[C@@H]1CCCO1)C(=O)N(C)C1CCCCC1. The van der Waals surface area contributed by atoms with E-state index in [-0.39, 0.29) is 22.8 Å². The predicted molar refractivity (Wildman–Crippen MR) is 125 cm³/mol. The monoisotopic (exact) mass is 463 g/mol. The van der Waals surface area contributed by atoms with Crippen molar-refractivity contribution >= 4 is 40.2 Å². The maximum Gasteiger partial charge on any atom is 0.262 e. The second-order valence-corrected chi connectivity index (χ2v) is 10.4. The molecule has 2 fully saturated rings. The summed E-state index contributed by atoms with van der Waals surface area (Å²) in [6.45, 7) is 3.07. The maximum atomic E-state index is 13.3. The number of aromatic nitrogens is 2. The first-order valence-electron chi connectivity index (χ1n) is 11.2. The van der Waals surface area contributed by atoms with E-state index >= 15 is 0 Å². The number of hydrogen-bond donors (Lipinski definition) is 0. The Labute approximate surface area is 192 Å². The van der Waals surface area contributed by atoms with E-state index in [0.29, 0.717) is 33.7 Å². The third-order valence-corrected chi connectivity index (χ3v) is 7.71. The van der Waals surface area contributed by atoms with Crippen molar-refractivity contribution in [3.05, 3.63) is 33.6 Å². The summed E-state index contributed by atoms with van der Waals surface area (Å²) < 4.78 is 7.46. The van der Waals surface area contributed by atoms with Gasteiger partial charge in [-0.05, 0) is 50.8 Å². The molecule has 1 saturated heterocycles. The molecular formula is C23H30ClN3O3S. The van der Waals surface area contributed by atoms with Crippen LogP contribution in [0, 0.1) is 0 Å². The fourth-order valence-corrected chi connectivity index (χ4v) is 5.75. The molecule has 2 aromatic rings. The van der Waals surface area contributed by atoms with Gasteiger partial charge in [-0.15, -0.1) is 0 Å². The lowest BCUT2D eigenvalue weighted by Crippen LogP contribution is -2.42. The predicted octanol–water partition coefficient (Wildman–Crippen LogP) is 4.50. The van der Waals surface area contributed by atoms with Gasteiger partial charge in [0.25, 0.3) is 5.56 Å². The topological polar surface area (TPSA) is 64.4 Å². The van der Waals surface area contributed by atoms with E-state index in [1.165, 1.54) is 31.0 Å². The molecule has 8 heteroatoms. The second kappa shape index (κ2) is 9.92. The third-order valence-electron chi connectivity index (χ3n) is 6.39. The average molecular weight is 464 g/mol. The minimum Gasteiger partial charge on any atom is -0.376 e. The van der Waals surface area contributed by atoms with Gasteiger partial charge in [-0.1, -0.05) is 42.6 Å². The molecule has 168 valence electrons. The van der Waals surface area contributed by atoms with Gasteiger partial charge in [0.2, 0.25) is 5.91 Å². The minimum atomic E-state index is -0.341. The number of thioether (sulfide) groups is 1. The highest BCUT2D eigenvalue weighted by atomic mass is 35.5. The van der Waals surface area contributed by atoms with E-state index in [1.54, 1.807) is 22.8 Å². The molecule has 0 N–H and O–H groups in total. The summed E-state index contributed by atoms with van der Waals surface area (Å²) in [6.07, 6.45) is 7.66. The van der Waals surface area contributed by atoms with Crippen LogP contribution in [-0.2, 0) is 16.1 Å². The van der Waals surface area contributed by atoms with Gasteiger partial charge in [0.15, 0.2) is 5.16 Å². The van der Waals surface area contributed by atoms with Crippen LogP contribution in [0.1, 0.15) is 51.9 Å². The van der Waals surface area contributed by atoms with E-state index < -0.39 is 0 Å². The van der Waals surface area contributed by atoms with Gasteiger partial charge < -0.3 is 9.64 Å². The summed E-state index contributed by atoms with van der Waals surface area (Å²) in [4.78, 5) is 33.1. The highest BCUT2D eigenvalue weighted by Crippen LogP contribution is 2.28. The Kier molecular flexibility index (Phi) is 7.24. The molecule has 4 rings (SSSR count). The van der Waals surface area contributed by atoms with Gasteiger partial charge in [-0.2, -0.15) is 0 Å². The summed E-state index contributed by atoms with van der Waals surface area (Å²) in [5, 5.41) is 1.28. The van der Waals surface area contributed by atoms with Crippen molar-refractivity contribution in [2.45, 2.75) is 81.0 Å². The molecular weight excluding hydrogens is 434 g/mol. The second-order valence-electron chi connectivity index (χ2n) is 8.61. The Bertz CT molecular complexity index is 999. The number of amides is 1. The lowest BCUT2D eigenvalue weighted by molar-refractivity contribution is -0.131. The first-order valence-corrected chi connectivity index (χ1v) is 12.4. The first kappa shape index (κ1) is 22.6. The molecule has 0 spiro atoms. The van der Waals surface area contributed by atoms with Crippen molar-refractivity contribution in [2.75, 3.05) is 13.7 Å². The van der Waals surface area contributed by atoms with E-state index in [2.05, 4.69) is 0 Å². The number of fused-ring (bicyclic) bond motifs is 1. The number of rotatable bonds is 6. The molecule has 1 aromatic heterocycles. The van der Waals surface area contributed by atoms with E-state index in [1.807, 2.05) is 18.9 Å². The quantitative estimate of drug-likeness (QED) is 0.466. The van der Waals surface area contributed by atoms with Crippen molar-refractivity contribution in [1.82, 2.24) is 14.5 Å². The van der Waals surface area contributed by atoms with Crippen LogP contribution >= 0.6 is 23.4 Å². The van der Waals surface area contributed by atoms with E-state index in [4.69, 9.17) is 21.3 Å². The molecule has 1 saturated carbocycles. The van der Waals surface area contributed by atoms with Gasteiger partial charge in [0, 0.05) is 24.7 Å². The van der Waals surface area contributed by atoms with Gasteiger partial charge in [-0.3, -0.25) is 14.2 Å². The Morgan fingerprint density at radius 2 is 2.06 bits per heavy atom. The number of ether oxygens (including phenoxy) is 1. The zero-order valence-electron chi connectivity index (χ0n) is 18.2. The fourth-order valence-electron chi connectivity index (χ4n) is 4.56. The number of nitrogens with zero attached hydrogens (tertiary/aromatic N) is 3. The highest BCUT2D eigenvalue weighted by Gasteiger charge is 2.28. The number of carbonyl (C=O) groups excluding carboxylic acids is 1. The minimum absolute atomic E-state index is 0.000444. The Morgan fingerprint density at radius 3 is 2.77 bits per heavy atom. The lowest BCUT2D eigenvalue weighted by atomic mass is 9.94. The molecule has 2 heterocycles. The highest BCUT2D eigenvalue weighted by molar-refractivity contribution is 8.00. The molecule has 1 aliphatic carbocycles. The van der Waals surface area contributed by atoms with Crippen LogP contribution in [-0.4, -0.2) is 51.4 Å². The molecule has 1 aliphatic heterocycles. The maximum absolute atomic E-state index is 13.3. The van der Waals surface area contributed by atoms with Crippen LogP contribution in [0.15, 0.2) is 28.2 Å². The fraction of sp³-hybridized carbons (Fsp3) is 0.609. The molecule has 1 aromatic carbocycles. The molecule has 6 nitrogen and oxygen atoms in total. The van der Waals surface area contributed by atoms with Crippen LogP contribution in [0.2, 0.25) is 5.02 Å². The van der Waals surface area contributed by atoms with Crippen molar-refractivity contribution in [3.63, 3.8) is 0 Å². The van der Waals surface area contributed by atoms with Crippen molar-refractivity contribution in [3.8, 4) is 0 Å². The smallest absolute Gasteiger partial charge is 0.262 e. The van der Waals surface area contributed by atoms with Crippen molar-refractivity contribution in [1.29, 1.82) is 0 Å². The molecule has 0 unspecified atom stereocenters. The van der Waals surface area contributed by atoms with Crippen molar-refractivity contribution in [2.24, 2.45) is 0 Å². The summed E-state index contributed by atoms with van der Waals surface area (Å²) in [6, 6.07) is 5.45. The standard InChI is InChI=1S/C23H30ClN3O3S/c1-15(21(28)26(2)17-7-4-3-5-8-17)31-23-25-20-13-16(24)10-11-19(20)22(29)27(23)14-18-9-6-12-30-18/h10-11,13,15,17-18H,3-9,12,14H2,1-2H3/t15-,18-/m0/s1. The largest absolute Gasteiger partial charge is 0.376 e. The lowest BCUT2D eigenvalue weighted by Gasteiger charge is -2.32. The van der Waals surface area contributed by atoms with E-state index in [0.717, 1.165) is 32.3 Å². The van der Waals surface area contributed by atoms with Crippen LogP contribution < -0.4 is 5.56 Å². The van der Waals surface area contributed by atoms with Crippen LogP contribution in [0.25, 0.3) is 10.9 Å². The Balaban J connectivity index is 1.62. The number of hydrogen-bond acceptors (Lipinski definition) is 5. The van der Waals surface area contributed by atoms with E-state index in [9.17, 15) is 9.59 Å². The molecule has 31 heavy (non-hydrogen) atoms. The molecule has 0 bridgehead atoms. The first-order chi connectivity index (χ1) is 14.9. The number of halogens is 1. The molecule has 0 radical (unpaired) electrons. The van der Waals surface area contributed by atoms with Gasteiger partial charge >= 0.3 is 0 Å². The number of benzene rings is 1. The van der Waals surface area contributed by atoms with Crippen LogP contribution in [0.5, 0.6) is 0 Å². The van der Waals surface area contributed by atoms with Crippen LogP contribution in [0.3, 0.4) is 0 Å². The van der Waals surface area contributed by atoms with Gasteiger partial charge in [0.05, 0.1) is 28.8 Å². The molecule has 2 aliphatic rings. The summed E-state index contributed by atoms with van der Waals surface area (Å²) in [7, 11) is 1.91. The van der Waals surface area contributed by atoms with Crippen LogP contribution in [0.4, 0.5) is 0 Å². The Hall–Kier alpha value is -1.57. The number of carbonyl (C=O) groups is 1. The summed E-state index contributed by atoms with van der Waals surface area (Å²) >= 11 is 7.50. The zero-order chi connectivity index (χ0) is 22.0. The summed E-state index contributed by atoms with van der Waals surface area (Å²) in [5.41, 5.74) is 0.448. The zero-order valence-corrected chi connectivity index (χ0v) is 19.8. The summed E-state index contributed by atoms with van der Waals surface area (Å²) in [5.74, 6) is 0.0843. The Morgan fingerprint density at radius 1 is 1.29 bits per heavy atom. The molecule has 1 amide bonds.